The summed E-state index contributed by atoms with van der Waals surface area (Å²) in [6, 6.07) is 9.05. The molecule has 0 aliphatic heterocycles. The van der Waals surface area contributed by atoms with Gasteiger partial charge in [-0.25, -0.2) is 0 Å². The average Bonchev–Trinajstić information content (AvgIpc) is 3.19. The normalized spacial score (nSPS) is 11.8. The van der Waals surface area contributed by atoms with Gasteiger partial charge in [0, 0.05) is 17.1 Å². The molecule has 174 valence electrons. The molecular weight excluding hydrogens is 528 g/mol. The van der Waals surface area contributed by atoms with Crippen LogP contribution in [-0.2, 0) is 11.3 Å². The summed E-state index contributed by atoms with van der Waals surface area (Å²) >= 11 is 25.2. The number of nitrogens with zero attached hydrogens (tertiary/aromatic N) is 3. The molecule has 2 aromatic carbocycles. The van der Waals surface area contributed by atoms with Crippen molar-refractivity contribution in [2.24, 2.45) is 0 Å². The van der Waals surface area contributed by atoms with Crippen LogP contribution < -0.4 is 10.6 Å². The van der Waals surface area contributed by atoms with Gasteiger partial charge in [0.05, 0.1) is 32.5 Å². The van der Waals surface area contributed by atoms with E-state index in [0.29, 0.717) is 48.9 Å². The maximum atomic E-state index is 12.6. The molecular formula is C21H19Cl4N5O2S. The molecule has 1 aromatic heterocycles. The van der Waals surface area contributed by atoms with Gasteiger partial charge in [-0.2, -0.15) is 0 Å². The fourth-order valence-corrected chi connectivity index (χ4v) is 4.36. The van der Waals surface area contributed by atoms with Crippen molar-refractivity contribution in [1.29, 1.82) is 0 Å². The Bertz CT molecular complexity index is 1190. The highest BCUT2D eigenvalue weighted by Gasteiger charge is 2.20. The predicted octanol–water partition coefficient (Wildman–Crippen LogP) is 6.13. The minimum absolute atomic E-state index is 0.0883. The van der Waals surface area contributed by atoms with Crippen molar-refractivity contribution in [2.45, 2.75) is 31.6 Å². The van der Waals surface area contributed by atoms with Crippen LogP contribution in [0.4, 0.5) is 5.69 Å². The van der Waals surface area contributed by atoms with Gasteiger partial charge in [0.25, 0.3) is 5.91 Å². The Morgan fingerprint density at radius 1 is 1.03 bits per heavy atom. The summed E-state index contributed by atoms with van der Waals surface area (Å²) in [5, 5.41) is 16.1. The molecule has 0 spiro atoms. The highest BCUT2D eigenvalue weighted by atomic mass is 35.5. The van der Waals surface area contributed by atoms with Crippen molar-refractivity contribution in [3.05, 3.63) is 67.9 Å². The Balaban J connectivity index is 1.65. The minimum atomic E-state index is -0.437. The van der Waals surface area contributed by atoms with E-state index in [-0.39, 0.29) is 17.6 Å². The lowest BCUT2D eigenvalue weighted by molar-refractivity contribution is -0.113. The van der Waals surface area contributed by atoms with Crippen LogP contribution in [0.2, 0.25) is 20.1 Å². The molecule has 0 fully saturated rings. The second kappa shape index (κ2) is 11.4. The number of amides is 2. The molecule has 7 nitrogen and oxygen atoms in total. The number of anilines is 1. The van der Waals surface area contributed by atoms with Crippen LogP contribution in [0.15, 0.2) is 41.6 Å². The van der Waals surface area contributed by atoms with Crippen molar-refractivity contribution < 1.29 is 9.59 Å². The maximum absolute atomic E-state index is 12.6. The van der Waals surface area contributed by atoms with E-state index in [1.165, 1.54) is 17.8 Å². The standard InChI is InChI=1S/C21H19Cl4N5O2S/c1-3-30-19(11(2)26-20(32)12-4-6-14(23)16(25)8-12)28-29-21(30)33-10-18(31)27-17-9-13(22)5-7-15(17)24/h4-9,11H,3,10H2,1-2H3,(H,26,32)(H,27,31)/t11-/m0/s1. The number of aromatic nitrogens is 3. The smallest absolute Gasteiger partial charge is 0.251 e. The number of carbonyl (C=O) groups is 2. The lowest BCUT2D eigenvalue weighted by Gasteiger charge is -2.15. The van der Waals surface area contributed by atoms with Gasteiger partial charge in [-0.3, -0.25) is 9.59 Å². The quantitative estimate of drug-likeness (QED) is 0.331. The molecule has 0 bridgehead atoms. The molecule has 0 aliphatic carbocycles. The largest absolute Gasteiger partial charge is 0.342 e. The van der Waals surface area contributed by atoms with Crippen LogP contribution in [-0.4, -0.2) is 32.3 Å². The summed E-state index contributed by atoms with van der Waals surface area (Å²) in [6.07, 6.45) is 0. The summed E-state index contributed by atoms with van der Waals surface area (Å²) < 4.78 is 1.84. The zero-order chi connectivity index (χ0) is 24.1. The number of hydrogen-bond acceptors (Lipinski definition) is 5. The number of nitrogens with one attached hydrogen (secondary N) is 2. The van der Waals surface area contributed by atoms with Crippen molar-refractivity contribution in [2.75, 3.05) is 11.1 Å². The number of carbonyl (C=O) groups excluding carboxylic acids is 2. The Morgan fingerprint density at radius 2 is 1.76 bits per heavy atom. The van der Waals surface area contributed by atoms with Crippen molar-refractivity contribution in [3.8, 4) is 0 Å². The first-order valence-electron chi connectivity index (χ1n) is 9.76. The van der Waals surface area contributed by atoms with Gasteiger partial charge in [-0.15, -0.1) is 10.2 Å². The van der Waals surface area contributed by atoms with E-state index in [9.17, 15) is 9.59 Å². The van der Waals surface area contributed by atoms with Gasteiger partial charge in [0.1, 0.15) is 0 Å². The first-order valence-corrected chi connectivity index (χ1v) is 12.3. The zero-order valence-corrected chi connectivity index (χ0v) is 21.4. The third-order valence-electron chi connectivity index (χ3n) is 4.51. The summed E-state index contributed by atoms with van der Waals surface area (Å²) in [5.41, 5.74) is 0.816. The topological polar surface area (TPSA) is 88.9 Å². The van der Waals surface area contributed by atoms with Gasteiger partial charge >= 0.3 is 0 Å². The van der Waals surface area contributed by atoms with E-state index in [4.69, 9.17) is 46.4 Å². The Hall–Kier alpha value is -1.97. The summed E-state index contributed by atoms with van der Waals surface area (Å²) in [5.74, 6) is 0.0630. The molecule has 2 amide bonds. The van der Waals surface area contributed by atoms with Crippen LogP contribution in [0.3, 0.4) is 0 Å². The average molecular weight is 547 g/mol. The molecule has 0 saturated carbocycles. The summed E-state index contributed by atoms with van der Waals surface area (Å²) in [4.78, 5) is 25.0. The van der Waals surface area contributed by atoms with Crippen LogP contribution in [0.25, 0.3) is 0 Å². The van der Waals surface area contributed by atoms with Crippen LogP contribution in [0.5, 0.6) is 0 Å². The SMILES string of the molecule is CCn1c(SCC(=O)Nc2cc(Cl)ccc2Cl)nnc1[C@H](C)NC(=O)c1ccc(Cl)c(Cl)c1. The highest BCUT2D eigenvalue weighted by molar-refractivity contribution is 7.99. The molecule has 3 aromatic rings. The van der Waals surface area contributed by atoms with Crippen LogP contribution in [0.1, 0.15) is 36.1 Å². The first kappa shape index (κ1) is 25.6. The van der Waals surface area contributed by atoms with Gasteiger partial charge in [-0.1, -0.05) is 58.2 Å². The zero-order valence-electron chi connectivity index (χ0n) is 17.5. The number of hydrogen-bond donors (Lipinski definition) is 2. The van der Waals surface area contributed by atoms with Gasteiger partial charge in [0.2, 0.25) is 5.91 Å². The Morgan fingerprint density at radius 3 is 2.45 bits per heavy atom. The van der Waals surface area contributed by atoms with Gasteiger partial charge in [0.15, 0.2) is 11.0 Å². The van der Waals surface area contributed by atoms with Gasteiger partial charge < -0.3 is 15.2 Å². The highest BCUT2D eigenvalue weighted by Crippen LogP contribution is 2.27. The van der Waals surface area contributed by atoms with E-state index in [2.05, 4.69) is 20.8 Å². The lowest BCUT2D eigenvalue weighted by Crippen LogP contribution is -2.28. The Labute approximate surface area is 215 Å². The molecule has 2 N–H and O–H groups in total. The summed E-state index contributed by atoms with van der Waals surface area (Å²) in [7, 11) is 0. The molecule has 0 radical (unpaired) electrons. The summed E-state index contributed by atoms with van der Waals surface area (Å²) in [6.45, 7) is 4.28. The fourth-order valence-electron chi connectivity index (χ4n) is 2.92. The van der Waals surface area contributed by atoms with Crippen LogP contribution in [0, 0.1) is 0 Å². The van der Waals surface area contributed by atoms with Crippen molar-refractivity contribution in [3.63, 3.8) is 0 Å². The van der Waals surface area contributed by atoms with E-state index in [0.717, 1.165) is 0 Å². The monoisotopic (exact) mass is 545 g/mol. The van der Waals surface area contributed by atoms with Crippen LogP contribution >= 0.6 is 58.2 Å². The number of halogens is 4. The molecule has 0 aliphatic rings. The lowest BCUT2D eigenvalue weighted by atomic mass is 10.2. The molecule has 0 unspecified atom stereocenters. The third-order valence-corrected chi connectivity index (χ3v) is 6.78. The minimum Gasteiger partial charge on any atom is -0.342 e. The van der Waals surface area contributed by atoms with Gasteiger partial charge in [-0.05, 0) is 50.2 Å². The fraction of sp³-hybridized carbons (Fsp3) is 0.238. The van der Waals surface area contributed by atoms with Crippen molar-refractivity contribution >= 4 is 75.7 Å². The second-order valence-corrected chi connectivity index (χ2v) is 9.47. The first-order chi connectivity index (χ1) is 15.7. The molecule has 0 saturated heterocycles. The molecule has 3 rings (SSSR count). The number of rotatable bonds is 8. The predicted molar refractivity (Wildman–Crippen MR) is 134 cm³/mol. The van der Waals surface area contributed by atoms with E-state index >= 15 is 0 Å². The molecule has 33 heavy (non-hydrogen) atoms. The molecule has 12 heteroatoms. The second-order valence-electron chi connectivity index (χ2n) is 6.87. The Kier molecular flexibility index (Phi) is 8.89. The molecule has 1 atom stereocenters. The third kappa shape index (κ3) is 6.55. The van der Waals surface area contributed by atoms with E-state index in [1.807, 2.05) is 11.5 Å². The number of thioether (sulfide) groups is 1. The molecule has 1 heterocycles. The number of benzene rings is 2. The van der Waals surface area contributed by atoms with E-state index < -0.39 is 6.04 Å². The van der Waals surface area contributed by atoms with E-state index in [1.54, 1.807) is 37.3 Å². The van der Waals surface area contributed by atoms with Crippen molar-refractivity contribution in [1.82, 2.24) is 20.1 Å². The maximum Gasteiger partial charge on any atom is 0.251 e.